The molecule has 1 aliphatic heterocycles. The number of para-hydroxylation sites is 1. The molecule has 2 rings (SSSR count). The van der Waals surface area contributed by atoms with Crippen molar-refractivity contribution in [2.45, 2.75) is 13.3 Å². The van der Waals surface area contributed by atoms with Crippen LogP contribution in [0.25, 0.3) is 0 Å². The second-order valence-electron chi connectivity index (χ2n) is 5.33. The number of carboxylic acids is 1. The molecule has 0 bridgehead atoms. The number of piperazine rings is 1. The van der Waals surface area contributed by atoms with Gasteiger partial charge in [0.15, 0.2) is 0 Å². The van der Waals surface area contributed by atoms with E-state index in [0.29, 0.717) is 12.4 Å². The highest BCUT2D eigenvalue weighted by Gasteiger charge is 2.16. The van der Waals surface area contributed by atoms with Gasteiger partial charge in [0.1, 0.15) is 17.9 Å². The summed E-state index contributed by atoms with van der Waals surface area (Å²) in [5.41, 5.74) is 0.227. The summed E-state index contributed by atoms with van der Waals surface area (Å²) in [7, 11) is 0. The minimum atomic E-state index is -0.946. The maximum atomic E-state index is 11.1. The molecule has 5 nitrogen and oxygen atoms in total. The fourth-order valence-corrected chi connectivity index (χ4v) is 2.61. The van der Waals surface area contributed by atoms with Gasteiger partial charge < -0.3 is 14.7 Å². The van der Waals surface area contributed by atoms with Crippen LogP contribution in [0.3, 0.4) is 0 Å². The molecule has 0 aliphatic carbocycles. The molecule has 1 aromatic rings. The van der Waals surface area contributed by atoms with E-state index in [1.807, 2.05) is 0 Å². The molecule has 1 fully saturated rings. The van der Waals surface area contributed by atoms with Crippen molar-refractivity contribution in [3.05, 3.63) is 29.8 Å². The van der Waals surface area contributed by atoms with E-state index in [9.17, 15) is 4.79 Å². The van der Waals surface area contributed by atoms with Crippen LogP contribution in [0.15, 0.2) is 24.3 Å². The molecule has 116 valence electrons. The maximum absolute atomic E-state index is 11.1. The van der Waals surface area contributed by atoms with Crippen LogP contribution in [0.4, 0.5) is 0 Å². The molecular weight excluding hydrogens is 268 g/mol. The summed E-state index contributed by atoms with van der Waals surface area (Å²) >= 11 is 0. The lowest BCUT2D eigenvalue weighted by Gasteiger charge is -2.34. The number of hydrogen-bond acceptors (Lipinski definition) is 4. The zero-order chi connectivity index (χ0) is 15.1. The van der Waals surface area contributed by atoms with E-state index in [1.54, 1.807) is 24.3 Å². The first kappa shape index (κ1) is 15.8. The Bertz CT molecular complexity index is 457. The largest absolute Gasteiger partial charge is 0.491 e. The lowest BCUT2D eigenvalue weighted by molar-refractivity contribution is 0.0690. The molecule has 1 heterocycles. The standard InChI is InChI=1S/C16H24N2O3/c1-2-7-17-8-10-18(11-9-17)12-13-21-15-6-4-3-5-14(15)16(19)20/h3-6H,2,7-13H2,1H3,(H,19,20). The fraction of sp³-hybridized carbons (Fsp3) is 0.562. The highest BCUT2D eigenvalue weighted by molar-refractivity contribution is 5.90. The predicted octanol–water partition coefficient (Wildman–Crippen LogP) is 1.79. The van der Waals surface area contributed by atoms with E-state index < -0.39 is 5.97 Å². The van der Waals surface area contributed by atoms with Crippen molar-refractivity contribution in [3.8, 4) is 5.75 Å². The SMILES string of the molecule is CCCN1CCN(CCOc2ccccc2C(=O)O)CC1. The molecule has 0 amide bonds. The Hall–Kier alpha value is -1.59. The zero-order valence-electron chi connectivity index (χ0n) is 12.6. The molecule has 0 radical (unpaired) electrons. The third-order valence-corrected chi connectivity index (χ3v) is 3.79. The Labute approximate surface area is 126 Å². The molecule has 0 unspecified atom stereocenters. The molecule has 1 aliphatic rings. The molecular formula is C16H24N2O3. The van der Waals surface area contributed by atoms with Crippen LogP contribution < -0.4 is 4.74 Å². The van der Waals surface area contributed by atoms with Crippen molar-refractivity contribution >= 4 is 5.97 Å². The van der Waals surface area contributed by atoms with Crippen molar-refractivity contribution in [2.75, 3.05) is 45.9 Å². The van der Waals surface area contributed by atoms with Crippen LogP contribution in [0.2, 0.25) is 0 Å². The molecule has 21 heavy (non-hydrogen) atoms. The summed E-state index contributed by atoms with van der Waals surface area (Å²) < 4.78 is 5.64. The Morgan fingerprint density at radius 2 is 1.76 bits per heavy atom. The van der Waals surface area contributed by atoms with Crippen molar-refractivity contribution in [1.82, 2.24) is 9.80 Å². The average molecular weight is 292 g/mol. The van der Waals surface area contributed by atoms with Gasteiger partial charge in [-0.05, 0) is 25.1 Å². The molecule has 5 heteroatoms. The minimum absolute atomic E-state index is 0.227. The second-order valence-corrected chi connectivity index (χ2v) is 5.33. The molecule has 0 saturated carbocycles. The van der Waals surface area contributed by atoms with Gasteiger partial charge >= 0.3 is 5.97 Å². The lowest BCUT2D eigenvalue weighted by Crippen LogP contribution is -2.47. The highest BCUT2D eigenvalue weighted by Crippen LogP contribution is 2.17. The maximum Gasteiger partial charge on any atom is 0.339 e. The average Bonchev–Trinajstić information content (AvgIpc) is 2.50. The smallest absolute Gasteiger partial charge is 0.339 e. The number of nitrogens with zero attached hydrogens (tertiary/aromatic N) is 2. The summed E-state index contributed by atoms with van der Waals surface area (Å²) in [5, 5.41) is 9.10. The molecule has 0 atom stereocenters. The van der Waals surface area contributed by atoms with E-state index in [2.05, 4.69) is 16.7 Å². The van der Waals surface area contributed by atoms with E-state index in [-0.39, 0.29) is 5.56 Å². The van der Waals surface area contributed by atoms with E-state index >= 15 is 0 Å². The Morgan fingerprint density at radius 1 is 1.14 bits per heavy atom. The van der Waals surface area contributed by atoms with Crippen LogP contribution in [0.5, 0.6) is 5.75 Å². The van der Waals surface area contributed by atoms with Gasteiger partial charge in [-0.3, -0.25) is 4.90 Å². The summed E-state index contributed by atoms with van der Waals surface area (Å²) in [6, 6.07) is 6.79. The monoisotopic (exact) mass is 292 g/mol. The van der Waals surface area contributed by atoms with E-state index in [4.69, 9.17) is 9.84 Å². The third kappa shape index (κ3) is 4.72. The summed E-state index contributed by atoms with van der Waals surface area (Å²) in [4.78, 5) is 15.9. The van der Waals surface area contributed by atoms with Gasteiger partial charge in [-0.15, -0.1) is 0 Å². The number of aromatic carboxylic acids is 1. The van der Waals surface area contributed by atoms with Crippen LogP contribution in [-0.4, -0.2) is 66.8 Å². The molecule has 0 aromatic heterocycles. The normalized spacial score (nSPS) is 16.8. The van der Waals surface area contributed by atoms with Crippen molar-refractivity contribution in [1.29, 1.82) is 0 Å². The Balaban J connectivity index is 1.74. The number of benzene rings is 1. The molecule has 1 N–H and O–H groups in total. The Kier molecular flexibility index (Phi) is 6.02. The first-order valence-corrected chi connectivity index (χ1v) is 7.60. The van der Waals surface area contributed by atoms with Crippen LogP contribution in [0, 0.1) is 0 Å². The number of hydrogen-bond donors (Lipinski definition) is 1. The van der Waals surface area contributed by atoms with Gasteiger partial charge in [-0.1, -0.05) is 19.1 Å². The van der Waals surface area contributed by atoms with E-state index in [0.717, 1.165) is 32.7 Å². The van der Waals surface area contributed by atoms with Gasteiger partial charge in [0.2, 0.25) is 0 Å². The molecule has 0 spiro atoms. The topological polar surface area (TPSA) is 53.0 Å². The summed E-state index contributed by atoms with van der Waals surface area (Å²) in [6.07, 6.45) is 1.20. The first-order valence-electron chi connectivity index (χ1n) is 7.60. The first-order chi connectivity index (χ1) is 10.2. The van der Waals surface area contributed by atoms with Crippen molar-refractivity contribution < 1.29 is 14.6 Å². The van der Waals surface area contributed by atoms with Gasteiger partial charge in [0.05, 0.1) is 0 Å². The highest BCUT2D eigenvalue weighted by atomic mass is 16.5. The van der Waals surface area contributed by atoms with Crippen LogP contribution in [0.1, 0.15) is 23.7 Å². The summed E-state index contributed by atoms with van der Waals surface area (Å²) in [5.74, 6) is -0.492. The third-order valence-electron chi connectivity index (χ3n) is 3.79. The number of carboxylic acid groups (broad SMARTS) is 1. The van der Waals surface area contributed by atoms with Crippen molar-refractivity contribution in [3.63, 3.8) is 0 Å². The van der Waals surface area contributed by atoms with Gasteiger partial charge in [0, 0.05) is 32.7 Å². The zero-order valence-corrected chi connectivity index (χ0v) is 12.6. The lowest BCUT2D eigenvalue weighted by atomic mass is 10.2. The van der Waals surface area contributed by atoms with Gasteiger partial charge in [0.25, 0.3) is 0 Å². The fourth-order valence-electron chi connectivity index (χ4n) is 2.61. The van der Waals surface area contributed by atoms with Crippen LogP contribution in [-0.2, 0) is 0 Å². The van der Waals surface area contributed by atoms with E-state index in [1.165, 1.54) is 13.0 Å². The number of carbonyl (C=O) groups is 1. The number of ether oxygens (including phenoxy) is 1. The van der Waals surface area contributed by atoms with Crippen LogP contribution >= 0.6 is 0 Å². The quantitative estimate of drug-likeness (QED) is 0.830. The molecule has 1 aromatic carbocycles. The minimum Gasteiger partial charge on any atom is -0.491 e. The molecule has 1 saturated heterocycles. The Morgan fingerprint density at radius 3 is 2.38 bits per heavy atom. The second kappa shape index (κ2) is 8.00. The van der Waals surface area contributed by atoms with Gasteiger partial charge in [-0.25, -0.2) is 4.79 Å². The predicted molar refractivity (Wildman–Crippen MR) is 82.1 cm³/mol. The summed E-state index contributed by atoms with van der Waals surface area (Å²) in [6.45, 7) is 9.09. The number of rotatable bonds is 7. The van der Waals surface area contributed by atoms with Gasteiger partial charge in [-0.2, -0.15) is 0 Å². The van der Waals surface area contributed by atoms with Crippen molar-refractivity contribution in [2.24, 2.45) is 0 Å².